The zero-order valence-electron chi connectivity index (χ0n) is 9.46. The molecule has 0 bridgehead atoms. The number of ether oxygens (including phenoxy) is 1. The van der Waals surface area contributed by atoms with Crippen molar-refractivity contribution >= 4 is 11.9 Å². The van der Waals surface area contributed by atoms with Crippen LogP contribution in [0.4, 0.5) is 5.95 Å². The summed E-state index contributed by atoms with van der Waals surface area (Å²) in [5, 5.41) is 11.3. The summed E-state index contributed by atoms with van der Waals surface area (Å²) < 4.78 is 6.37. The Labute approximate surface area is 93.4 Å². The Bertz CT molecular complexity index is 370. The van der Waals surface area contributed by atoms with E-state index in [9.17, 15) is 4.79 Å². The van der Waals surface area contributed by atoms with Gasteiger partial charge in [0.25, 0.3) is 0 Å². The number of piperidine rings is 1. The fraction of sp³-hybridized carbons (Fsp3) is 0.778. The molecule has 0 aliphatic carbocycles. The van der Waals surface area contributed by atoms with Gasteiger partial charge >= 0.3 is 5.97 Å². The molecule has 2 rings (SSSR count). The molecule has 2 heterocycles. The zero-order valence-corrected chi connectivity index (χ0v) is 9.46. The average Bonchev–Trinajstić information content (AvgIpc) is 2.75. The van der Waals surface area contributed by atoms with Gasteiger partial charge in [-0.2, -0.15) is 0 Å². The van der Waals surface area contributed by atoms with Crippen molar-refractivity contribution in [2.24, 2.45) is 13.0 Å². The molecule has 7 nitrogen and oxygen atoms in total. The SMILES string of the molecule is COC(=O)C1CCN(c2nnnn2C)CC1. The molecule has 16 heavy (non-hydrogen) atoms. The summed E-state index contributed by atoms with van der Waals surface area (Å²) in [6.45, 7) is 1.57. The smallest absolute Gasteiger partial charge is 0.308 e. The Morgan fingerprint density at radius 2 is 2.12 bits per heavy atom. The summed E-state index contributed by atoms with van der Waals surface area (Å²) in [6.07, 6.45) is 1.58. The standard InChI is InChI=1S/C9H15N5O2/c1-13-9(10-11-12-13)14-5-3-7(4-6-14)8(15)16-2/h7H,3-6H2,1-2H3. The first kappa shape index (κ1) is 10.8. The van der Waals surface area contributed by atoms with Gasteiger partial charge in [0.15, 0.2) is 0 Å². The lowest BCUT2D eigenvalue weighted by molar-refractivity contribution is -0.146. The van der Waals surface area contributed by atoms with E-state index in [0.717, 1.165) is 31.9 Å². The van der Waals surface area contributed by atoms with Crippen LogP contribution in [-0.4, -0.2) is 46.4 Å². The van der Waals surface area contributed by atoms with Gasteiger partial charge in [0.05, 0.1) is 13.0 Å². The van der Waals surface area contributed by atoms with E-state index in [-0.39, 0.29) is 11.9 Å². The van der Waals surface area contributed by atoms with Crippen molar-refractivity contribution in [3.05, 3.63) is 0 Å². The number of esters is 1. The van der Waals surface area contributed by atoms with E-state index in [1.54, 1.807) is 4.68 Å². The topological polar surface area (TPSA) is 73.1 Å². The van der Waals surface area contributed by atoms with Crippen molar-refractivity contribution in [2.45, 2.75) is 12.8 Å². The second-order valence-corrected chi connectivity index (χ2v) is 3.89. The minimum absolute atomic E-state index is 0.0161. The lowest BCUT2D eigenvalue weighted by atomic mass is 9.97. The minimum Gasteiger partial charge on any atom is -0.469 e. The molecule has 7 heteroatoms. The van der Waals surface area contributed by atoms with Crippen molar-refractivity contribution in [2.75, 3.05) is 25.1 Å². The summed E-state index contributed by atoms with van der Waals surface area (Å²) >= 11 is 0. The van der Waals surface area contributed by atoms with Crippen LogP contribution < -0.4 is 4.90 Å². The predicted molar refractivity (Wildman–Crippen MR) is 55.8 cm³/mol. The van der Waals surface area contributed by atoms with Gasteiger partial charge in [-0.1, -0.05) is 5.10 Å². The number of nitrogens with zero attached hydrogens (tertiary/aromatic N) is 5. The molecule has 88 valence electrons. The molecule has 0 aromatic carbocycles. The molecule has 0 amide bonds. The molecular formula is C9H15N5O2. The van der Waals surface area contributed by atoms with Gasteiger partial charge in [-0.3, -0.25) is 4.79 Å². The molecule has 1 fully saturated rings. The predicted octanol–water partition coefficient (Wildman–Crippen LogP) is -0.401. The molecular weight excluding hydrogens is 210 g/mol. The van der Waals surface area contributed by atoms with Crippen LogP contribution in [0.15, 0.2) is 0 Å². The monoisotopic (exact) mass is 225 g/mol. The van der Waals surface area contributed by atoms with E-state index >= 15 is 0 Å². The van der Waals surface area contributed by atoms with Gasteiger partial charge in [-0.05, 0) is 23.3 Å². The summed E-state index contributed by atoms with van der Waals surface area (Å²) in [7, 11) is 3.24. The molecule has 0 N–H and O–H groups in total. The zero-order chi connectivity index (χ0) is 11.5. The van der Waals surface area contributed by atoms with Gasteiger partial charge in [-0.15, -0.1) is 0 Å². The van der Waals surface area contributed by atoms with Crippen LogP contribution in [0.25, 0.3) is 0 Å². The number of hydrogen-bond donors (Lipinski definition) is 0. The molecule has 1 saturated heterocycles. The third kappa shape index (κ3) is 1.98. The summed E-state index contributed by atoms with van der Waals surface area (Å²) in [5.41, 5.74) is 0. The highest BCUT2D eigenvalue weighted by Gasteiger charge is 2.27. The van der Waals surface area contributed by atoms with E-state index in [0.29, 0.717) is 0 Å². The number of methoxy groups -OCH3 is 1. The third-order valence-corrected chi connectivity index (χ3v) is 2.91. The Morgan fingerprint density at radius 1 is 1.44 bits per heavy atom. The highest BCUT2D eigenvalue weighted by atomic mass is 16.5. The van der Waals surface area contributed by atoms with Gasteiger partial charge in [0.1, 0.15) is 0 Å². The van der Waals surface area contributed by atoms with Crippen LogP contribution in [0.5, 0.6) is 0 Å². The lowest BCUT2D eigenvalue weighted by Gasteiger charge is -2.30. The number of anilines is 1. The van der Waals surface area contributed by atoms with Crippen molar-refractivity contribution in [3.63, 3.8) is 0 Å². The van der Waals surface area contributed by atoms with E-state index in [1.165, 1.54) is 7.11 Å². The van der Waals surface area contributed by atoms with E-state index in [1.807, 2.05) is 7.05 Å². The molecule has 0 unspecified atom stereocenters. The van der Waals surface area contributed by atoms with Crippen LogP contribution in [0.1, 0.15) is 12.8 Å². The first-order valence-electron chi connectivity index (χ1n) is 5.27. The number of carbonyl (C=O) groups is 1. The normalized spacial score (nSPS) is 17.5. The van der Waals surface area contributed by atoms with Crippen LogP contribution in [-0.2, 0) is 16.6 Å². The van der Waals surface area contributed by atoms with Gasteiger partial charge in [-0.25, -0.2) is 4.68 Å². The largest absolute Gasteiger partial charge is 0.469 e. The number of aryl methyl sites for hydroxylation is 1. The van der Waals surface area contributed by atoms with Crippen LogP contribution in [0.2, 0.25) is 0 Å². The summed E-state index contributed by atoms with van der Waals surface area (Å²) in [6, 6.07) is 0. The van der Waals surface area contributed by atoms with Crippen molar-refractivity contribution in [1.29, 1.82) is 0 Å². The first-order chi connectivity index (χ1) is 7.72. The van der Waals surface area contributed by atoms with Crippen molar-refractivity contribution < 1.29 is 9.53 Å². The molecule has 1 aliphatic rings. The number of carbonyl (C=O) groups excluding carboxylic acids is 1. The minimum atomic E-state index is -0.115. The van der Waals surface area contributed by atoms with Gasteiger partial charge in [0, 0.05) is 20.1 Å². The quantitative estimate of drug-likeness (QED) is 0.638. The van der Waals surface area contributed by atoms with Crippen LogP contribution in [0, 0.1) is 5.92 Å². The van der Waals surface area contributed by atoms with Gasteiger partial charge in [0.2, 0.25) is 5.95 Å². The molecule has 1 aliphatic heterocycles. The number of rotatable bonds is 2. The molecule has 1 aromatic heterocycles. The van der Waals surface area contributed by atoms with E-state index < -0.39 is 0 Å². The fourth-order valence-corrected chi connectivity index (χ4v) is 1.97. The first-order valence-corrected chi connectivity index (χ1v) is 5.27. The number of hydrogen-bond acceptors (Lipinski definition) is 6. The fourth-order valence-electron chi connectivity index (χ4n) is 1.97. The summed E-state index contributed by atoms with van der Waals surface area (Å²) in [5.74, 6) is 0.654. The Morgan fingerprint density at radius 3 is 2.62 bits per heavy atom. The van der Waals surface area contributed by atoms with Crippen molar-refractivity contribution in [1.82, 2.24) is 20.2 Å². The second-order valence-electron chi connectivity index (χ2n) is 3.89. The molecule has 0 spiro atoms. The van der Waals surface area contributed by atoms with Crippen LogP contribution in [0.3, 0.4) is 0 Å². The Kier molecular flexibility index (Phi) is 3.02. The highest BCUT2D eigenvalue weighted by Crippen LogP contribution is 2.21. The maximum atomic E-state index is 11.3. The number of aromatic nitrogens is 4. The Balaban J connectivity index is 1.95. The maximum absolute atomic E-state index is 11.3. The Hall–Kier alpha value is -1.66. The van der Waals surface area contributed by atoms with Gasteiger partial charge < -0.3 is 9.64 Å². The second kappa shape index (κ2) is 4.46. The maximum Gasteiger partial charge on any atom is 0.308 e. The lowest BCUT2D eigenvalue weighted by Crippen LogP contribution is -2.38. The molecule has 0 saturated carbocycles. The molecule has 1 aromatic rings. The van der Waals surface area contributed by atoms with Crippen molar-refractivity contribution in [3.8, 4) is 0 Å². The third-order valence-electron chi connectivity index (χ3n) is 2.91. The number of tetrazole rings is 1. The average molecular weight is 225 g/mol. The molecule has 0 radical (unpaired) electrons. The van der Waals surface area contributed by atoms with E-state index in [4.69, 9.17) is 4.74 Å². The summed E-state index contributed by atoms with van der Waals surface area (Å²) in [4.78, 5) is 13.4. The van der Waals surface area contributed by atoms with E-state index in [2.05, 4.69) is 20.4 Å². The molecule has 0 atom stereocenters. The van der Waals surface area contributed by atoms with Crippen LogP contribution >= 0.6 is 0 Å². The highest BCUT2D eigenvalue weighted by molar-refractivity contribution is 5.72.